The van der Waals surface area contributed by atoms with Gasteiger partial charge in [-0.15, -0.1) is 0 Å². The number of aromatic nitrogens is 1. The minimum Gasteiger partial charge on any atom is -0.361 e. The van der Waals surface area contributed by atoms with Gasteiger partial charge in [0.05, 0.1) is 5.69 Å². The van der Waals surface area contributed by atoms with E-state index in [0.717, 1.165) is 23.6 Å². The fraction of sp³-hybridized carbons (Fsp3) is 0.727. The zero-order valence-corrected chi connectivity index (χ0v) is 10.3. The number of nitrogens with zero attached hydrogens (tertiary/aromatic N) is 1. The molecule has 0 aliphatic rings. The Morgan fingerprint density at radius 3 is 2.64 bits per heavy atom. The third-order valence-corrected chi connectivity index (χ3v) is 2.91. The second kappa shape index (κ2) is 4.87. The third kappa shape index (κ3) is 3.37. The molecule has 0 aromatic carbocycles. The number of hydrogen-bond acceptors (Lipinski definition) is 3. The maximum Gasteiger partial charge on any atom is 0.142 e. The van der Waals surface area contributed by atoms with Gasteiger partial charge in [-0.05, 0) is 11.5 Å². The number of hydrogen-bond donors (Lipinski definition) is 0. The predicted octanol–water partition coefficient (Wildman–Crippen LogP) is 3.27. The maximum atomic E-state index is 5.30. The van der Waals surface area contributed by atoms with E-state index in [-0.39, 0.29) is 5.41 Å². The second-order valence-electron chi connectivity index (χ2n) is 4.38. The summed E-state index contributed by atoms with van der Waals surface area (Å²) in [5.41, 5.74) is 1.15. The van der Waals surface area contributed by atoms with Crippen molar-refractivity contribution in [1.82, 2.24) is 5.16 Å². The molecule has 0 aliphatic heterocycles. The molecule has 0 aliphatic carbocycles. The van der Waals surface area contributed by atoms with Crippen molar-refractivity contribution in [2.75, 3.05) is 11.5 Å². The van der Waals surface area contributed by atoms with Crippen molar-refractivity contribution in [2.24, 2.45) is 0 Å². The lowest BCUT2D eigenvalue weighted by Gasteiger charge is -2.12. The SMILES string of the molecule is CCSCCc1cc(C(C)(C)C)on1. The third-order valence-electron chi connectivity index (χ3n) is 2.00. The van der Waals surface area contributed by atoms with Crippen molar-refractivity contribution in [2.45, 2.75) is 39.5 Å². The summed E-state index contributed by atoms with van der Waals surface area (Å²) in [6.07, 6.45) is 1.01. The summed E-state index contributed by atoms with van der Waals surface area (Å²) < 4.78 is 5.30. The van der Waals surface area contributed by atoms with Crippen LogP contribution in [0.3, 0.4) is 0 Å². The minimum absolute atomic E-state index is 0.0726. The van der Waals surface area contributed by atoms with Crippen LogP contribution in [0.1, 0.15) is 39.1 Å². The molecule has 3 heteroatoms. The zero-order valence-electron chi connectivity index (χ0n) is 9.46. The highest BCUT2D eigenvalue weighted by Gasteiger charge is 2.19. The van der Waals surface area contributed by atoms with Gasteiger partial charge in [-0.3, -0.25) is 0 Å². The van der Waals surface area contributed by atoms with E-state index < -0.39 is 0 Å². The van der Waals surface area contributed by atoms with E-state index in [1.807, 2.05) is 11.8 Å². The van der Waals surface area contributed by atoms with Crippen LogP contribution in [0.5, 0.6) is 0 Å². The fourth-order valence-electron chi connectivity index (χ4n) is 1.10. The van der Waals surface area contributed by atoms with Crippen LogP contribution in [0, 0.1) is 0 Å². The molecule has 0 saturated carbocycles. The van der Waals surface area contributed by atoms with E-state index in [9.17, 15) is 0 Å². The highest BCUT2D eigenvalue weighted by atomic mass is 32.2. The van der Waals surface area contributed by atoms with Gasteiger partial charge < -0.3 is 4.52 Å². The van der Waals surface area contributed by atoms with Gasteiger partial charge in [0.1, 0.15) is 5.76 Å². The molecule has 1 rings (SSSR count). The van der Waals surface area contributed by atoms with Crippen molar-refractivity contribution < 1.29 is 4.52 Å². The molecule has 0 radical (unpaired) electrons. The Morgan fingerprint density at radius 2 is 2.14 bits per heavy atom. The molecule has 0 bridgehead atoms. The van der Waals surface area contributed by atoms with Crippen LogP contribution in [-0.4, -0.2) is 16.7 Å². The minimum atomic E-state index is 0.0726. The first-order valence-corrected chi connectivity index (χ1v) is 6.23. The largest absolute Gasteiger partial charge is 0.361 e. The smallest absolute Gasteiger partial charge is 0.142 e. The Hall–Kier alpha value is -0.440. The molecule has 0 N–H and O–H groups in total. The van der Waals surface area contributed by atoms with Crippen LogP contribution in [0.25, 0.3) is 0 Å². The van der Waals surface area contributed by atoms with Gasteiger partial charge in [-0.1, -0.05) is 32.9 Å². The predicted molar refractivity (Wildman–Crippen MR) is 61.9 cm³/mol. The number of thioether (sulfide) groups is 1. The Bertz CT molecular complexity index is 275. The van der Waals surface area contributed by atoms with E-state index in [1.54, 1.807) is 0 Å². The van der Waals surface area contributed by atoms with Crippen LogP contribution in [0.2, 0.25) is 0 Å². The summed E-state index contributed by atoms with van der Waals surface area (Å²) >= 11 is 1.94. The lowest BCUT2D eigenvalue weighted by atomic mass is 9.93. The topological polar surface area (TPSA) is 26.0 Å². The summed E-state index contributed by atoms with van der Waals surface area (Å²) in [7, 11) is 0. The highest BCUT2D eigenvalue weighted by molar-refractivity contribution is 7.99. The van der Waals surface area contributed by atoms with Crippen molar-refractivity contribution in [3.05, 3.63) is 17.5 Å². The van der Waals surface area contributed by atoms with Gasteiger partial charge in [-0.25, -0.2) is 0 Å². The second-order valence-corrected chi connectivity index (χ2v) is 5.77. The molecule has 1 aromatic heterocycles. The zero-order chi connectivity index (χ0) is 10.6. The first-order chi connectivity index (χ1) is 6.54. The molecule has 0 amide bonds. The average Bonchev–Trinajstić information content (AvgIpc) is 2.52. The summed E-state index contributed by atoms with van der Waals surface area (Å²) in [5, 5.41) is 4.07. The van der Waals surface area contributed by atoms with Gasteiger partial charge in [0.2, 0.25) is 0 Å². The molecule has 0 atom stereocenters. The molecule has 0 saturated heterocycles. The van der Waals surface area contributed by atoms with Gasteiger partial charge >= 0.3 is 0 Å². The Morgan fingerprint density at radius 1 is 1.43 bits per heavy atom. The molecular weight excluding hydrogens is 194 g/mol. The van der Waals surface area contributed by atoms with Crippen molar-refractivity contribution in [3.63, 3.8) is 0 Å². The summed E-state index contributed by atoms with van der Waals surface area (Å²) in [5.74, 6) is 3.28. The highest BCUT2D eigenvalue weighted by Crippen LogP contribution is 2.22. The molecular formula is C11H19NOS. The molecule has 0 spiro atoms. The van der Waals surface area contributed by atoms with Crippen LogP contribution in [-0.2, 0) is 11.8 Å². The van der Waals surface area contributed by atoms with Crippen LogP contribution in [0.15, 0.2) is 10.6 Å². The van der Waals surface area contributed by atoms with Gasteiger partial charge in [0.15, 0.2) is 0 Å². The van der Waals surface area contributed by atoms with E-state index in [0.29, 0.717) is 0 Å². The number of aryl methyl sites for hydroxylation is 1. The average molecular weight is 213 g/mol. The fourth-order valence-corrected chi connectivity index (χ4v) is 1.75. The van der Waals surface area contributed by atoms with Crippen LogP contribution >= 0.6 is 11.8 Å². The van der Waals surface area contributed by atoms with E-state index >= 15 is 0 Å². The van der Waals surface area contributed by atoms with E-state index in [2.05, 4.69) is 38.9 Å². The van der Waals surface area contributed by atoms with Gasteiger partial charge in [0.25, 0.3) is 0 Å². The molecule has 14 heavy (non-hydrogen) atoms. The van der Waals surface area contributed by atoms with Crippen molar-refractivity contribution in [3.8, 4) is 0 Å². The van der Waals surface area contributed by atoms with Crippen molar-refractivity contribution >= 4 is 11.8 Å². The first kappa shape index (κ1) is 11.6. The lowest BCUT2D eigenvalue weighted by molar-refractivity contribution is 0.326. The molecule has 2 nitrogen and oxygen atoms in total. The Kier molecular flexibility index (Phi) is 4.05. The number of rotatable bonds is 4. The Balaban J connectivity index is 2.51. The lowest BCUT2D eigenvalue weighted by Crippen LogP contribution is -2.09. The molecule has 80 valence electrons. The standard InChI is InChI=1S/C11H19NOS/c1-5-14-7-6-9-8-10(13-12-9)11(2,3)4/h8H,5-7H2,1-4H3. The summed E-state index contributed by atoms with van der Waals surface area (Å²) in [4.78, 5) is 0. The molecule has 0 fully saturated rings. The van der Waals surface area contributed by atoms with Crippen molar-refractivity contribution in [1.29, 1.82) is 0 Å². The maximum absolute atomic E-state index is 5.30. The summed E-state index contributed by atoms with van der Waals surface area (Å²) in [6, 6.07) is 2.08. The van der Waals surface area contributed by atoms with Crippen LogP contribution in [0.4, 0.5) is 0 Å². The molecule has 1 aromatic rings. The van der Waals surface area contributed by atoms with Gasteiger partial charge in [-0.2, -0.15) is 11.8 Å². The van der Waals surface area contributed by atoms with E-state index in [1.165, 1.54) is 5.75 Å². The quantitative estimate of drug-likeness (QED) is 0.718. The molecule has 0 unspecified atom stereocenters. The normalized spacial score (nSPS) is 12.0. The van der Waals surface area contributed by atoms with Gasteiger partial charge in [0, 0.05) is 17.9 Å². The van der Waals surface area contributed by atoms with Crippen LogP contribution < -0.4 is 0 Å². The van der Waals surface area contributed by atoms with E-state index in [4.69, 9.17) is 4.52 Å². The monoisotopic (exact) mass is 213 g/mol. The molecule has 1 heterocycles. The first-order valence-electron chi connectivity index (χ1n) is 5.08. The Labute approximate surface area is 90.4 Å². The summed E-state index contributed by atoms with van der Waals surface area (Å²) in [6.45, 7) is 8.59.